The summed E-state index contributed by atoms with van der Waals surface area (Å²) in [4.78, 5) is 21.5. The predicted octanol–water partition coefficient (Wildman–Crippen LogP) is 0.270. The third-order valence-corrected chi connectivity index (χ3v) is 2.23. The van der Waals surface area contributed by atoms with Gasteiger partial charge in [0, 0.05) is 18.0 Å². The van der Waals surface area contributed by atoms with Gasteiger partial charge in [-0.1, -0.05) is 6.58 Å². The molecule has 94 valence electrons. The largest absolute Gasteiger partial charge is 0.378 e. The van der Waals surface area contributed by atoms with E-state index < -0.39 is 16.4 Å². The molecule has 1 heterocycles. The van der Waals surface area contributed by atoms with Crippen LogP contribution >= 0.6 is 0 Å². The maximum absolute atomic E-state index is 10.8. The van der Waals surface area contributed by atoms with Crippen LogP contribution in [0.15, 0.2) is 24.0 Å². The minimum atomic E-state index is -0.651. The van der Waals surface area contributed by atoms with Gasteiger partial charge in [-0.3, -0.25) is 20.2 Å². The zero-order valence-corrected chi connectivity index (χ0v) is 9.20. The number of nitro groups is 2. The summed E-state index contributed by atoms with van der Waals surface area (Å²) >= 11 is 0. The van der Waals surface area contributed by atoms with Crippen molar-refractivity contribution >= 4 is 0 Å². The van der Waals surface area contributed by atoms with E-state index >= 15 is 0 Å². The fourth-order valence-corrected chi connectivity index (χ4v) is 1.38. The molecule has 0 amide bonds. The molecule has 0 radical (unpaired) electrons. The summed E-state index contributed by atoms with van der Waals surface area (Å²) in [6.45, 7) is 4.78. The van der Waals surface area contributed by atoms with Gasteiger partial charge in [-0.25, -0.2) is 0 Å². The van der Waals surface area contributed by atoms with Gasteiger partial charge in [0.05, 0.1) is 29.9 Å². The van der Waals surface area contributed by atoms with Crippen molar-refractivity contribution in [2.45, 2.75) is 0 Å². The van der Waals surface area contributed by atoms with Crippen LogP contribution in [0.4, 0.5) is 0 Å². The number of rotatable bonds is 5. The van der Waals surface area contributed by atoms with Crippen molar-refractivity contribution in [3.63, 3.8) is 0 Å². The van der Waals surface area contributed by atoms with Crippen molar-refractivity contribution < 1.29 is 14.6 Å². The van der Waals surface area contributed by atoms with Gasteiger partial charge in [-0.15, -0.1) is 0 Å². The smallest absolute Gasteiger partial charge is 0.294 e. The third kappa shape index (κ3) is 4.19. The maximum Gasteiger partial charge on any atom is 0.294 e. The molecule has 17 heavy (non-hydrogen) atoms. The molecule has 0 aromatic heterocycles. The van der Waals surface area contributed by atoms with Crippen molar-refractivity contribution in [2.24, 2.45) is 0 Å². The van der Waals surface area contributed by atoms with Crippen molar-refractivity contribution in [2.75, 3.05) is 32.8 Å². The summed E-state index contributed by atoms with van der Waals surface area (Å²) in [5.41, 5.74) is -0.421. The second-order valence-electron chi connectivity index (χ2n) is 3.51. The van der Waals surface area contributed by atoms with Crippen LogP contribution in [0.1, 0.15) is 0 Å². The number of hydrogen-bond donors (Lipinski definition) is 0. The average molecular weight is 243 g/mol. The van der Waals surface area contributed by atoms with Gasteiger partial charge in [0.2, 0.25) is 6.54 Å². The molecule has 0 saturated carbocycles. The average Bonchev–Trinajstić information content (AvgIpc) is 2.25. The van der Waals surface area contributed by atoms with E-state index in [9.17, 15) is 20.2 Å². The standard InChI is InChI=1S/C9H13N3O5/c1-8(6-11(13)14)9(12(15)16)7-10-2-4-17-5-3-10/h7H,1-6H2/b9-7-. The quantitative estimate of drug-likeness (QED) is 0.390. The van der Waals surface area contributed by atoms with Gasteiger partial charge < -0.3 is 9.64 Å². The number of nitrogens with zero attached hydrogens (tertiary/aromatic N) is 3. The lowest BCUT2D eigenvalue weighted by atomic mass is 10.2. The minimum absolute atomic E-state index is 0.105. The molecule has 0 bridgehead atoms. The Morgan fingerprint density at radius 2 is 1.94 bits per heavy atom. The van der Waals surface area contributed by atoms with Crippen LogP contribution in [0.3, 0.4) is 0 Å². The van der Waals surface area contributed by atoms with E-state index in [4.69, 9.17) is 4.74 Å². The zero-order valence-electron chi connectivity index (χ0n) is 9.20. The van der Waals surface area contributed by atoms with Gasteiger partial charge >= 0.3 is 0 Å². The van der Waals surface area contributed by atoms with Crippen LogP contribution in [0, 0.1) is 20.2 Å². The van der Waals surface area contributed by atoms with Crippen LogP contribution in [-0.2, 0) is 4.74 Å². The third-order valence-electron chi connectivity index (χ3n) is 2.23. The lowest BCUT2D eigenvalue weighted by molar-refractivity contribution is -0.477. The first-order chi connectivity index (χ1) is 8.00. The van der Waals surface area contributed by atoms with Crippen molar-refractivity contribution in [1.29, 1.82) is 0 Å². The number of morpholine rings is 1. The first kappa shape index (κ1) is 13.1. The lowest BCUT2D eigenvalue weighted by Gasteiger charge is -2.24. The van der Waals surface area contributed by atoms with Crippen LogP contribution in [-0.4, -0.2) is 47.6 Å². The molecule has 1 fully saturated rings. The Bertz CT molecular complexity index is 360. The van der Waals surface area contributed by atoms with E-state index in [2.05, 4.69) is 6.58 Å². The van der Waals surface area contributed by atoms with E-state index in [1.165, 1.54) is 6.20 Å². The molecule has 0 atom stereocenters. The topological polar surface area (TPSA) is 98.8 Å². The molecule has 1 aliphatic heterocycles. The van der Waals surface area contributed by atoms with Crippen molar-refractivity contribution in [3.05, 3.63) is 44.3 Å². The molecular formula is C9H13N3O5. The van der Waals surface area contributed by atoms with Crippen molar-refractivity contribution in [1.82, 2.24) is 4.90 Å². The van der Waals surface area contributed by atoms with Crippen LogP contribution in [0.2, 0.25) is 0 Å². The molecule has 1 aliphatic rings. The van der Waals surface area contributed by atoms with Gasteiger partial charge in [0.1, 0.15) is 0 Å². The van der Waals surface area contributed by atoms with Crippen molar-refractivity contribution in [3.8, 4) is 0 Å². The van der Waals surface area contributed by atoms with E-state index in [-0.39, 0.29) is 11.3 Å². The Morgan fingerprint density at radius 1 is 1.35 bits per heavy atom. The first-order valence-electron chi connectivity index (χ1n) is 4.98. The second kappa shape index (κ2) is 5.94. The van der Waals surface area contributed by atoms with Gasteiger partial charge in [-0.2, -0.15) is 0 Å². The monoisotopic (exact) mass is 243 g/mol. The molecule has 0 N–H and O–H groups in total. The van der Waals surface area contributed by atoms with E-state index in [1.54, 1.807) is 4.90 Å². The van der Waals surface area contributed by atoms with Crippen LogP contribution < -0.4 is 0 Å². The minimum Gasteiger partial charge on any atom is -0.378 e. The highest BCUT2D eigenvalue weighted by Gasteiger charge is 2.22. The molecule has 8 heteroatoms. The van der Waals surface area contributed by atoms with Crippen LogP contribution in [0.5, 0.6) is 0 Å². The Morgan fingerprint density at radius 3 is 2.41 bits per heavy atom. The zero-order chi connectivity index (χ0) is 12.8. The molecule has 8 nitrogen and oxygen atoms in total. The molecule has 0 unspecified atom stereocenters. The summed E-state index contributed by atoms with van der Waals surface area (Å²) in [7, 11) is 0. The highest BCUT2D eigenvalue weighted by Crippen LogP contribution is 2.11. The maximum atomic E-state index is 10.8. The molecule has 1 rings (SSSR count). The summed E-state index contributed by atoms with van der Waals surface area (Å²) in [6, 6.07) is 0. The molecule has 0 aromatic carbocycles. The number of ether oxygens (including phenoxy) is 1. The Balaban J connectivity index is 2.76. The normalized spacial score (nSPS) is 16.7. The summed E-state index contributed by atoms with van der Waals surface area (Å²) in [5.74, 6) is 0. The molecule has 0 aliphatic carbocycles. The van der Waals surface area contributed by atoms with Gasteiger partial charge in [-0.05, 0) is 0 Å². The highest BCUT2D eigenvalue weighted by molar-refractivity contribution is 5.21. The lowest BCUT2D eigenvalue weighted by Crippen LogP contribution is -2.33. The predicted molar refractivity (Wildman–Crippen MR) is 58.5 cm³/mol. The van der Waals surface area contributed by atoms with E-state index in [0.717, 1.165) is 0 Å². The molecule has 0 spiro atoms. The highest BCUT2D eigenvalue weighted by atomic mass is 16.6. The first-order valence-corrected chi connectivity index (χ1v) is 4.98. The van der Waals surface area contributed by atoms with Gasteiger partial charge in [0.15, 0.2) is 0 Å². The second-order valence-corrected chi connectivity index (χ2v) is 3.51. The Hall–Kier alpha value is -1.96. The SMILES string of the molecule is C=C(C[N+](=O)[O-])/C(=C/N1CCOCC1)[N+](=O)[O-]. The molecule has 0 aromatic rings. The molecule has 1 saturated heterocycles. The Labute approximate surface area is 97.5 Å². The Kier molecular flexibility index (Phi) is 4.58. The van der Waals surface area contributed by atoms with E-state index in [0.29, 0.717) is 26.3 Å². The van der Waals surface area contributed by atoms with E-state index in [1.807, 2.05) is 0 Å². The molecular weight excluding hydrogens is 230 g/mol. The van der Waals surface area contributed by atoms with Crippen LogP contribution in [0.25, 0.3) is 0 Å². The summed E-state index contributed by atoms with van der Waals surface area (Å²) in [6.07, 6.45) is 1.30. The summed E-state index contributed by atoms with van der Waals surface area (Å²) in [5, 5.41) is 21.1. The van der Waals surface area contributed by atoms with Gasteiger partial charge in [0.25, 0.3) is 5.70 Å². The fraction of sp³-hybridized carbons (Fsp3) is 0.556. The summed E-state index contributed by atoms with van der Waals surface area (Å²) < 4.78 is 5.10. The fourth-order valence-electron chi connectivity index (χ4n) is 1.38. The number of hydrogen-bond acceptors (Lipinski definition) is 6.